The second-order valence-corrected chi connectivity index (χ2v) is 6.95. The van der Waals surface area contributed by atoms with Crippen LogP contribution in [0.4, 0.5) is 0 Å². The first-order valence-corrected chi connectivity index (χ1v) is 9.05. The Labute approximate surface area is 149 Å². The fraction of sp³-hybridized carbons (Fsp3) is 0.0588. The molecule has 1 heterocycles. The number of halogens is 1. The fourth-order valence-electron chi connectivity index (χ4n) is 1.97. The Balaban J connectivity index is 1.71. The monoisotopic (exact) mass is 376 g/mol. The number of nitrogens with zero attached hydrogens (tertiary/aromatic N) is 2. The van der Waals surface area contributed by atoms with E-state index in [9.17, 15) is 8.42 Å². The van der Waals surface area contributed by atoms with Crippen LogP contribution in [0.1, 0.15) is 11.5 Å². The van der Waals surface area contributed by atoms with E-state index >= 15 is 0 Å². The molecule has 2 aromatic carbocycles. The van der Waals surface area contributed by atoms with Gasteiger partial charge >= 0.3 is 10.1 Å². The average Bonchev–Trinajstić information content (AvgIpc) is 3.01. The van der Waals surface area contributed by atoms with Crippen molar-refractivity contribution in [3.05, 3.63) is 70.4 Å². The summed E-state index contributed by atoms with van der Waals surface area (Å²) in [6, 6.07) is 13.1. The van der Waals surface area contributed by atoms with Gasteiger partial charge in [0.05, 0.1) is 5.41 Å². The number of aromatic nitrogens is 2. The summed E-state index contributed by atoms with van der Waals surface area (Å²) in [6.07, 6.45) is 1.43. The molecule has 3 aromatic rings. The Morgan fingerprint density at radius 3 is 2.36 bits per heavy atom. The molecule has 0 aliphatic heterocycles. The van der Waals surface area contributed by atoms with E-state index in [4.69, 9.17) is 20.3 Å². The molecule has 1 aromatic heterocycles. The molecule has 0 amide bonds. The number of benzene rings is 2. The normalized spacial score (nSPS) is 11.8. The molecule has 0 bridgehead atoms. The quantitative estimate of drug-likeness (QED) is 0.624. The summed E-state index contributed by atoms with van der Waals surface area (Å²) < 4.78 is 34.0. The highest BCUT2D eigenvalue weighted by atomic mass is 35.5. The summed E-state index contributed by atoms with van der Waals surface area (Å²) in [5, 5.41) is 5.36. The van der Waals surface area contributed by atoms with Crippen LogP contribution in [0.25, 0.3) is 17.5 Å². The van der Waals surface area contributed by atoms with E-state index < -0.39 is 10.1 Å². The van der Waals surface area contributed by atoms with Crippen LogP contribution >= 0.6 is 11.6 Å². The Kier molecular flexibility index (Phi) is 4.87. The zero-order chi connectivity index (χ0) is 17.9. The zero-order valence-electron chi connectivity index (χ0n) is 13.1. The predicted octanol–water partition coefficient (Wildman–Crippen LogP) is 4.08. The van der Waals surface area contributed by atoms with Crippen molar-refractivity contribution in [1.82, 2.24) is 10.1 Å². The first kappa shape index (κ1) is 17.2. The standard InChI is InChI=1S/C17H13ClN2O4S/c1-12-19-17(20-23-12)14-4-8-16(9-5-14)24-25(21,22)11-10-13-2-6-15(18)7-3-13/h2-11H,1H3/b11-10+. The highest BCUT2D eigenvalue weighted by molar-refractivity contribution is 7.90. The fourth-order valence-corrected chi connectivity index (χ4v) is 2.86. The van der Waals surface area contributed by atoms with Gasteiger partial charge < -0.3 is 8.71 Å². The molecule has 0 saturated carbocycles. The molecule has 25 heavy (non-hydrogen) atoms. The van der Waals surface area contributed by atoms with Crippen LogP contribution in [-0.4, -0.2) is 18.6 Å². The first-order chi connectivity index (χ1) is 11.9. The van der Waals surface area contributed by atoms with Crippen LogP contribution in [0, 0.1) is 6.92 Å². The third-order valence-corrected chi connectivity index (χ3v) is 4.30. The molecular formula is C17H13ClN2O4S. The second kappa shape index (κ2) is 7.08. The summed E-state index contributed by atoms with van der Waals surface area (Å²) in [4.78, 5) is 4.10. The minimum atomic E-state index is -3.88. The van der Waals surface area contributed by atoms with Gasteiger partial charge in [-0.05, 0) is 48.0 Å². The van der Waals surface area contributed by atoms with E-state index in [1.54, 1.807) is 43.3 Å². The van der Waals surface area contributed by atoms with Crippen molar-refractivity contribution in [2.75, 3.05) is 0 Å². The minimum absolute atomic E-state index is 0.185. The molecule has 0 saturated heterocycles. The Morgan fingerprint density at radius 1 is 1.08 bits per heavy atom. The highest BCUT2D eigenvalue weighted by Crippen LogP contribution is 2.21. The van der Waals surface area contributed by atoms with Crippen molar-refractivity contribution < 1.29 is 17.1 Å². The van der Waals surface area contributed by atoms with Crippen molar-refractivity contribution in [3.63, 3.8) is 0 Å². The highest BCUT2D eigenvalue weighted by Gasteiger charge is 2.10. The third-order valence-electron chi connectivity index (χ3n) is 3.15. The molecule has 0 unspecified atom stereocenters. The third kappa shape index (κ3) is 4.68. The molecule has 8 heteroatoms. The SMILES string of the molecule is Cc1nc(-c2ccc(OS(=O)(=O)/C=C/c3ccc(Cl)cc3)cc2)no1. The summed E-state index contributed by atoms with van der Waals surface area (Å²) >= 11 is 5.79. The Morgan fingerprint density at radius 2 is 1.76 bits per heavy atom. The number of rotatable bonds is 5. The van der Waals surface area contributed by atoms with Gasteiger partial charge in [-0.15, -0.1) is 0 Å². The van der Waals surface area contributed by atoms with Gasteiger partial charge in [-0.3, -0.25) is 0 Å². The maximum atomic E-state index is 12.0. The topological polar surface area (TPSA) is 82.3 Å². The van der Waals surface area contributed by atoms with E-state index in [0.29, 0.717) is 27.9 Å². The van der Waals surface area contributed by atoms with Crippen molar-refractivity contribution in [1.29, 1.82) is 0 Å². The molecule has 0 aliphatic carbocycles. The van der Waals surface area contributed by atoms with E-state index in [-0.39, 0.29) is 5.75 Å². The van der Waals surface area contributed by atoms with Crippen molar-refractivity contribution in [2.45, 2.75) is 6.92 Å². The summed E-state index contributed by atoms with van der Waals surface area (Å²) in [5.41, 5.74) is 1.39. The van der Waals surface area contributed by atoms with Gasteiger partial charge in [-0.1, -0.05) is 28.9 Å². The molecule has 0 radical (unpaired) electrons. The van der Waals surface area contributed by atoms with Crippen LogP contribution in [-0.2, 0) is 10.1 Å². The van der Waals surface area contributed by atoms with Gasteiger partial charge in [-0.25, -0.2) is 0 Å². The molecular weight excluding hydrogens is 364 g/mol. The van der Waals surface area contributed by atoms with E-state index in [1.165, 1.54) is 18.2 Å². The van der Waals surface area contributed by atoms with Gasteiger partial charge in [0, 0.05) is 17.5 Å². The first-order valence-electron chi connectivity index (χ1n) is 7.20. The maximum absolute atomic E-state index is 12.0. The van der Waals surface area contributed by atoms with Crippen LogP contribution in [0.3, 0.4) is 0 Å². The number of hydrogen-bond donors (Lipinski definition) is 0. The van der Waals surface area contributed by atoms with Crippen LogP contribution < -0.4 is 4.18 Å². The van der Waals surface area contributed by atoms with Gasteiger partial charge in [0.1, 0.15) is 5.75 Å². The van der Waals surface area contributed by atoms with Crippen molar-refractivity contribution in [2.24, 2.45) is 0 Å². The van der Waals surface area contributed by atoms with Crippen LogP contribution in [0.15, 0.2) is 58.5 Å². The number of aryl methyl sites for hydroxylation is 1. The lowest BCUT2D eigenvalue weighted by molar-refractivity contribution is 0.394. The summed E-state index contributed by atoms with van der Waals surface area (Å²) in [7, 11) is -3.88. The largest absolute Gasteiger partial charge is 0.379 e. The van der Waals surface area contributed by atoms with Crippen molar-refractivity contribution in [3.8, 4) is 17.1 Å². The maximum Gasteiger partial charge on any atom is 0.332 e. The molecule has 0 N–H and O–H groups in total. The minimum Gasteiger partial charge on any atom is -0.379 e. The molecule has 0 atom stereocenters. The molecule has 0 fully saturated rings. The second-order valence-electron chi connectivity index (χ2n) is 5.09. The zero-order valence-corrected chi connectivity index (χ0v) is 14.7. The Hall–Kier alpha value is -2.64. The summed E-state index contributed by atoms with van der Waals surface area (Å²) in [6.45, 7) is 1.69. The summed E-state index contributed by atoms with van der Waals surface area (Å²) in [5.74, 6) is 1.06. The van der Waals surface area contributed by atoms with Crippen LogP contribution in [0.2, 0.25) is 5.02 Å². The number of hydrogen-bond acceptors (Lipinski definition) is 6. The van der Waals surface area contributed by atoms with Crippen LogP contribution in [0.5, 0.6) is 5.75 Å². The van der Waals surface area contributed by atoms with Gasteiger partial charge in [0.2, 0.25) is 11.7 Å². The van der Waals surface area contributed by atoms with Gasteiger partial charge in [0.25, 0.3) is 0 Å². The Bertz CT molecular complexity index is 994. The predicted molar refractivity (Wildman–Crippen MR) is 94.5 cm³/mol. The molecule has 128 valence electrons. The van der Waals surface area contributed by atoms with E-state index in [1.807, 2.05) is 0 Å². The molecule has 0 aliphatic rings. The lowest BCUT2D eigenvalue weighted by Crippen LogP contribution is -2.04. The van der Waals surface area contributed by atoms with Gasteiger partial charge in [-0.2, -0.15) is 13.4 Å². The average molecular weight is 377 g/mol. The molecule has 0 spiro atoms. The van der Waals surface area contributed by atoms with E-state index in [2.05, 4.69) is 10.1 Å². The molecule has 6 nitrogen and oxygen atoms in total. The van der Waals surface area contributed by atoms with E-state index in [0.717, 1.165) is 5.41 Å². The molecule has 3 rings (SSSR count). The van der Waals surface area contributed by atoms with Gasteiger partial charge in [0.15, 0.2) is 0 Å². The van der Waals surface area contributed by atoms with Crippen molar-refractivity contribution >= 4 is 27.8 Å². The lowest BCUT2D eigenvalue weighted by Gasteiger charge is -2.04. The lowest BCUT2D eigenvalue weighted by atomic mass is 10.2. The smallest absolute Gasteiger partial charge is 0.332 e.